The lowest BCUT2D eigenvalue weighted by Gasteiger charge is -2.08. The van der Waals surface area contributed by atoms with Crippen LogP contribution >= 0.6 is 62.3 Å². The largest absolute Gasteiger partial charge is 0.207 e. The summed E-state index contributed by atoms with van der Waals surface area (Å²) in [6.45, 7) is 0. The maximum Gasteiger partial charge on any atom is 0.207 e. The van der Waals surface area contributed by atoms with Gasteiger partial charge in [-0.1, -0.05) is 46.4 Å². The van der Waals surface area contributed by atoms with Crippen LogP contribution in [0.3, 0.4) is 0 Å². The second-order valence-corrected chi connectivity index (χ2v) is 5.14. The van der Waals surface area contributed by atoms with Crippen molar-refractivity contribution in [1.82, 2.24) is 0 Å². The minimum Gasteiger partial charge on any atom is -0.0937 e. The summed E-state index contributed by atoms with van der Waals surface area (Å²) in [6, 6.07) is 0. The zero-order valence-electron chi connectivity index (χ0n) is 2.89. The second kappa shape index (κ2) is 2.98. The number of hydrogen-bond donors (Lipinski definition) is 0. The van der Waals surface area contributed by atoms with Crippen LogP contribution in [0, 0.1) is 4.84 Å². The summed E-state index contributed by atoms with van der Waals surface area (Å²) in [5.41, 5.74) is 0. The van der Waals surface area contributed by atoms with Gasteiger partial charge in [-0.3, -0.25) is 0 Å². The molecule has 0 unspecified atom stereocenters. The summed E-state index contributed by atoms with van der Waals surface area (Å²) in [4.78, 5) is -0.115. The zero-order chi connectivity index (χ0) is 6.08. The van der Waals surface area contributed by atoms with Gasteiger partial charge >= 0.3 is 0 Å². The van der Waals surface area contributed by atoms with Crippen molar-refractivity contribution in [3.05, 3.63) is 4.84 Å². The van der Waals surface area contributed by atoms with Crippen molar-refractivity contribution < 1.29 is 0 Å². The van der Waals surface area contributed by atoms with Crippen molar-refractivity contribution in [2.24, 2.45) is 0 Å². The quantitative estimate of drug-likeness (QED) is 0.621. The van der Waals surface area contributed by atoms with Crippen molar-refractivity contribution in [2.75, 3.05) is 0 Å². The fourth-order valence-corrected chi connectivity index (χ4v) is 0. The molecule has 0 rings (SSSR count). The van der Waals surface area contributed by atoms with E-state index in [-0.39, 0.29) is 4.84 Å². The van der Waals surface area contributed by atoms with Crippen molar-refractivity contribution in [3.8, 4) is 0 Å². The fraction of sp³-hybridized carbons (Fsp3) is 0.500. The Bertz CT molecular complexity index is 55.2. The molecule has 0 aromatic rings. The third kappa shape index (κ3) is 4.16. The minimum atomic E-state index is -1.30. The Hall–Kier alpha value is 1.64. The summed E-state index contributed by atoms with van der Waals surface area (Å²) in [5, 5.41) is 0. The molecule has 0 saturated carbocycles. The Morgan fingerprint density at radius 2 is 1.43 bits per heavy atom. The number of halogens is 5. The molecule has 0 amide bonds. The molecule has 1 radical (unpaired) electrons. The monoisotopic (exact) mass is 243 g/mol. The van der Waals surface area contributed by atoms with Crippen LogP contribution in [0.25, 0.3) is 0 Å². The number of rotatable bonds is 1. The number of hydrogen-bond acceptors (Lipinski definition) is 0. The Kier molecular flexibility index (Phi) is 3.67. The fourth-order valence-electron chi connectivity index (χ4n) is 0. The first-order chi connectivity index (χ1) is 2.94. The first-order valence-corrected chi connectivity index (χ1v) is 3.50. The highest BCUT2D eigenvalue weighted by Gasteiger charge is 2.29. The highest BCUT2D eigenvalue weighted by Crippen LogP contribution is 2.43. The van der Waals surface area contributed by atoms with Crippen LogP contribution in [-0.4, -0.2) is 3.24 Å². The van der Waals surface area contributed by atoms with Crippen molar-refractivity contribution in [2.45, 2.75) is 3.24 Å². The predicted octanol–water partition coefficient (Wildman–Crippen LogP) is 3.48. The number of alkyl halides is 3. The molecule has 0 N–H and O–H groups in total. The first-order valence-electron chi connectivity index (χ1n) is 1.19. The highest BCUT2D eigenvalue weighted by molar-refractivity contribution is 9.11. The lowest BCUT2D eigenvalue weighted by Crippen LogP contribution is -2.02. The Labute approximate surface area is 70.2 Å². The van der Waals surface area contributed by atoms with Crippen LogP contribution in [0.15, 0.2) is 0 Å². The molecule has 0 spiro atoms. The molecule has 7 heavy (non-hydrogen) atoms. The molecule has 0 aliphatic rings. The third-order valence-corrected chi connectivity index (χ3v) is 2.40. The summed E-state index contributed by atoms with van der Waals surface area (Å²) < 4.78 is -1.30. The van der Waals surface area contributed by atoms with Crippen molar-refractivity contribution in [1.29, 1.82) is 0 Å². The van der Waals surface area contributed by atoms with Gasteiger partial charge in [0.25, 0.3) is 0 Å². The van der Waals surface area contributed by atoms with E-state index in [1.165, 1.54) is 0 Å². The van der Waals surface area contributed by atoms with E-state index in [4.69, 9.17) is 46.4 Å². The molecule has 0 aliphatic heterocycles. The normalized spacial score (nSPS) is 12.9. The van der Waals surface area contributed by atoms with Gasteiger partial charge in [-0.15, -0.1) is 0 Å². The van der Waals surface area contributed by atoms with E-state index in [9.17, 15) is 0 Å². The molecule has 5 heteroatoms. The molecule has 0 aliphatic carbocycles. The summed E-state index contributed by atoms with van der Waals surface area (Å²) in [5.74, 6) is 0. The van der Waals surface area contributed by atoms with Gasteiger partial charge in [-0.2, -0.15) is 0 Å². The van der Waals surface area contributed by atoms with Gasteiger partial charge in [0, 0.05) is 0 Å². The van der Waals surface area contributed by atoms with Crippen molar-refractivity contribution >= 4 is 62.3 Å². The molecule has 0 heterocycles. The zero-order valence-corrected chi connectivity index (χ0v) is 7.50. The van der Waals surface area contributed by atoms with Crippen LogP contribution in [0.5, 0.6) is 0 Å². The average Bonchev–Trinajstić information content (AvgIpc) is 1.31. The SMILES string of the molecule is Cl[C](Cl)C(Cl)(Cl)Br. The van der Waals surface area contributed by atoms with Crippen LogP contribution in [0.1, 0.15) is 0 Å². The van der Waals surface area contributed by atoms with Gasteiger partial charge in [0.1, 0.15) is 0 Å². The van der Waals surface area contributed by atoms with Gasteiger partial charge in [0.2, 0.25) is 3.24 Å². The van der Waals surface area contributed by atoms with E-state index in [2.05, 4.69) is 15.9 Å². The average molecular weight is 246 g/mol. The Balaban J connectivity index is 3.54. The molecule has 0 bridgehead atoms. The third-order valence-electron chi connectivity index (χ3n) is 0.214. The standard InChI is InChI=1S/C2BrCl4/c3-2(6,7)1(4)5. The molecule has 0 saturated heterocycles. The minimum absolute atomic E-state index is 0.115. The van der Waals surface area contributed by atoms with E-state index in [0.717, 1.165) is 0 Å². The van der Waals surface area contributed by atoms with E-state index in [1.54, 1.807) is 0 Å². The van der Waals surface area contributed by atoms with Crippen LogP contribution < -0.4 is 0 Å². The van der Waals surface area contributed by atoms with E-state index in [0.29, 0.717) is 0 Å². The predicted molar refractivity (Wildman–Crippen MR) is 38.3 cm³/mol. The molecular weight excluding hydrogens is 246 g/mol. The van der Waals surface area contributed by atoms with Gasteiger partial charge in [0.05, 0.1) is 0 Å². The molecule has 0 atom stereocenters. The summed E-state index contributed by atoms with van der Waals surface area (Å²) in [7, 11) is 0. The van der Waals surface area contributed by atoms with Crippen LogP contribution in [0.4, 0.5) is 0 Å². The molecular formula is C2BrCl4. The Morgan fingerprint density at radius 3 is 1.43 bits per heavy atom. The smallest absolute Gasteiger partial charge is 0.0937 e. The lowest BCUT2D eigenvalue weighted by molar-refractivity contribution is 1.42. The lowest BCUT2D eigenvalue weighted by atomic mass is 10.9. The topological polar surface area (TPSA) is 0 Å². The summed E-state index contributed by atoms with van der Waals surface area (Å²) in [6.07, 6.45) is 0. The van der Waals surface area contributed by atoms with Crippen molar-refractivity contribution in [3.63, 3.8) is 0 Å². The molecule has 0 fully saturated rings. The molecule has 43 valence electrons. The Morgan fingerprint density at radius 1 is 1.29 bits per heavy atom. The van der Waals surface area contributed by atoms with E-state index < -0.39 is 3.24 Å². The van der Waals surface area contributed by atoms with E-state index >= 15 is 0 Å². The van der Waals surface area contributed by atoms with Gasteiger partial charge < -0.3 is 0 Å². The van der Waals surface area contributed by atoms with Gasteiger partial charge in [-0.25, -0.2) is 0 Å². The molecule has 0 aromatic carbocycles. The van der Waals surface area contributed by atoms with Gasteiger partial charge in [-0.05, 0) is 15.9 Å². The van der Waals surface area contributed by atoms with Gasteiger partial charge in [0.15, 0.2) is 4.84 Å². The molecule has 0 aromatic heterocycles. The van der Waals surface area contributed by atoms with Crippen LogP contribution in [0.2, 0.25) is 0 Å². The molecule has 0 nitrogen and oxygen atoms in total. The van der Waals surface area contributed by atoms with Crippen LogP contribution in [-0.2, 0) is 0 Å². The maximum absolute atomic E-state index is 5.25. The van der Waals surface area contributed by atoms with E-state index in [1.807, 2.05) is 0 Å². The summed E-state index contributed by atoms with van der Waals surface area (Å²) >= 11 is 23.5. The maximum atomic E-state index is 5.25. The first kappa shape index (κ1) is 8.64. The highest BCUT2D eigenvalue weighted by atomic mass is 79.9. The second-order valence-electron chi connectivity index (χ2n) is 0.758.